The van der Waals surface area contributed by atoms with E-state index in [2.05, 4.69) is 10.6 Å². The monoisotopic (exact) mass is 298 g/mol. The van der Waals surface area contributed by atoms with Gasteiger partial charge in [-0.2, -0.15) is 0 Å². The highest BCUT2D eigenvalue weighted by Crippen LogP contribution is 2.14. The van der Waals surface area contributed by atoms with Gasteiger partial charge in [-0.05, 0) is 56.2 Å². The molecule has 0 aromatic heterocycles. The number of aryl methyl sites for hydroxylation is 3. The quantitative estimate of drug-likeness (QED) is 0.825. The number of nitrogens with one attached hydrogen (secondary N) is 2. The van der Waals surface area contributed by atoms with E-state index < -0.39 is 0 Å². The van der Waals surface area contributed by atoms with Crippen molar-refractivity contribution in [1.29, 1.82) is 0 Å². The number of carbonyl (C=O) groups excluding carboxylic acids is 1. The maximum Gasteiger partial charge on any atom is 0.319 e. The molecule has 2 aromatic rings. The van der Waals surface area contributed by atoms with Crippen LogP contribution in [0.4, 0.5) is 10.5 Å². The van der Waals surface area contributed by atoms with Gasteiger partial charge in [0.15, 0.2) is 0 Å². The summed E-state index contributed by atoms with van der Waals surface area (Å²) in [4.78, 5) is 11.8. The van der Waals surface area contributed by atoms with E-state index in [9.17, 15) is 4.79 Å². The minimum atomic E-state index is -0.226. The zero-order valence-electron chi connectivity index (χ0n) is 13.3. The van der Waals surface area contributed by atoms with Crippen LogP contribution in [0.1, 0.15) is 16.7 Å². The summed E-state index contributed by atoms with van der Waals surface area (Å²) in [5.41, 5.74) is 4.34. The van der Waals surface area contributed by atoms with Crippen molar-refractivity contribution < 1.29 is 9.53 Å². The van der Waals surface area contributed by atoms with E-state index in [1.165, 1.54) is 11.1 Å². The highest BCUT2D eigenvalue weighted by Gasteiger charge is 2.02. The molecule has 0 fully saturated rings. The number of carbonyl (C=O) groups is 1. The predicted octanol–water partition coefficient (Wildman–Crippen LogP) is 3.81. The van der Waals surface area contributed by atoms with Crippen molar-refractivity contribution in [3.05, 3.63) is 59.2 Å². The molecule has 0 atom stereocenters. The first-order valence-corrected chi connectivity index (χ1v) is 7.36. The Labute approximate surface area is 131 Å². The van der Waals surface area contributed by atoms with Crippen LogP contribution in [0.2, 0.25) is 0 Å². The molecule has 0 bridgehead atoms. The van der Waals surface area contributed by atoms with Gasteiger partial charge in [0.25, 0.3) is 0 Å². The minimum Gasteiger partial charge on any atom is -0.492 e. The molecule has 2 aromatic carbocycles. The summed E-state index contributed by atoms with van der Waals surface area (Å²) in [7, 11) is 0. The first kappa shape index (κ1) is 15.9. The summed E-state index contributed by atoms with van der Waals surface area (Å²) in [6.07, 6.45) is 0. The van der Waals surface area contributed by atoms with Crippen molar-refractivity contribution in [3.63, 3.8) is 0 Å². The number of benzene rings is 2. The normalized spacial score (nSPS) is 10.1. The van der Waals surface area contributed by atoms with E-state index in [4.69, 9.17) is 4.74 Å². The fraction of sp³-hybridized carbons (Fsp3) is 0.278. The Morgan fingerprint density at radius 2 is 1.73 bits per heavy atom. The van der Waals surface area contributed by atoms with Crippen LogP contribution in [0.5, 0.6) is 5.75 Å². The maximum atomic E-state index is 11.8. The van der Waals surface area contributed by atoms with Crippen LogP contribution in [0, 0.1) is 20.8 Å². The van der Waals surface area contributed by atoms with Gasteiger partial charge in [-0.25, -0.2) is 4.79 Å². The Kier molecular flexibility index (Phi) is 5.42. The molecule has 0 saturated heterocycles. The van der Waals surface area contributed by atoms with Crippen molar-refractivity contribution in [2.24, 2.45) is 0 Å². The molecule has 0 aliphatic heterocycles. The topological polar surface area (TPSA) is 50.4 Å². The third kappa shape index (κ3) is 4.81. The van der Waals surface area contributed by atoms with Crippen molar-refractivity contribution in [3.8, 4) is 5.75 Å². The molecule has 4 nitrogen and oxygen atoms in total. The van der Waals surface area contributed by atoms with Crippen molar-refractivity contribution in [2.45, 2.75) is 20.8 Å². The SMILES string of the molecule is Cc1ccc(OCCNC(=O)Nc2ccc(C)c(C)c2)cc1. The fourth-order valence-electron chi connectivity index (χ4n) is 1.96. The van der Waals surface area contributed by atoms with Crippen molar-refractivity contribution in [1.82, 2.24) is 5.32 Å². The van der Waals surface area contributed by atoms with E-state index in [1.807, 2.05) is 63.2 Å². The molecule has 2 N–H and O–H groups in total. The minimum absolute atomic E-state index is 0.226. The first-order valence-electron chi connectivity index (χ1n) is 7.36. The third-order valence-corrected chi connectivity index (χ3v) is 3.44. The van der Waals surface area contributed by atoms with Gasteiger partial charge in [-0.1, -0.05) is 23.8 Å². The van der Waals surface area contributed by atoms with Gasteiger partial charge in [-0.3, -0.25) is 0 Å². The number of hydrogen-bond acceptors (Lipinski definition) is 2. The highest BCUT2D eigenvalue weighted by molar-refractivity contribution is 5.89. The van der Waals surface area contributed by atoms with Gasteiger partial charge in [0, 0.05) is 5.69 Å². The van der Waals surface area contributed by atoms with Gasteiger partial charge in [0.1, 0.15) is 12.4 Å². The van der Waals surface area contributed by atoms with Crippen LogP contribution in [-0.2, 0) is 0 Å². The smallest absolute Gasteiger partial charge is 0.319 e. The number of amides is 2. The molecule has 4 heteroatoms. The Bertz CT molecular complexity index is 636. The van der Waals surface area contributed by atoms with Crippen LogP contribution in [0.25, 0.3) is 0 Å². The molecule has 2 rings (SSSR count). The zero-order valence-corrected chi connectivity index (χ0v) is 13.3. The number of hydrogen-bond donors (Lipinski definition) is 2. The summed E-state index contributed by atoms with van der Waals surface area (Å²) in [5.74, 6) is 0.807. The van der Waals surface area contributed by atoms with Crippen LogP contribution in [0.15, 0.2) is 42.5 Å². The number of ether oxygens (including phenoxy) is 1. The molecular formula is C18H22N2O2. The molecule has 0 aliphatic rings. The number of rotatable bonds is 5. The Morgan fingerprint density at radius 1 is 1.00 bits per heavy atom. The van der Waals surface area contributed by atoms with Gasteiger partial charge in [0.2, 0.25) is 0 Å². The zero-order chi connectivity index (χ0) is 15.9. The lowest BCUT2D eigenvalue weighted by Crippen LogP contribution is -2.32. The Hall–Kier alpha value is -2.49. The molecular weight excluding hydrogens is 276 g/mol. The molecule has 0 heterocycles. The van der Waals surface area contributed by atoms with E-state index in [1.54, 1.807) is 0 Å². The van der Waals surface area contributed by atoms with Gasteiger partial charge in [-0.15, -0.1) is 0 Å². The largest absolute Gasteiger partial charge is 0.492 e. The maximum absolute atomic E-state index is 11.8. The van der Waals surface area contributed by atoms with Gasteiger partial charge >= 0.3 is 6.03 Å². The standard InChI is InChI=1S/C18H22N2O2/c1-13-4-8-17(9-5-13)22-11-10-19-18(21)20-16-7-6-14(2)15(3)12-16/h4-9,12H,10-11H2,1-3H3,(H2,19,20,21). The molecule has 116 valence electrons. The van der Waals surface area contributed by atoms with Gasteiger partial charge < -0.3 is 15.4 Å². The Morgan fingerprint density at radius 3 is 2.41 bits per heavy atom. The molecule has 2 amide bonds. The molecule has 0 unspecified atom stereocenters. The number of anilines is 1. The predicted molar refractivity (Wildman–Crippen MR) is 89.6 cm³/mol. The summed E-state index contributed by atoms with van der Waals surface area (Å²) in [5, 5.41) is 5.58. The molecule has 0 aliphatic carbocycles. The lowest BCUT2D eigenvalue weighted by atomic mass is 10.1. The van der Waals surface area contributed by atoms with Gasteiger partial charge in [0.05, 0.1) is 6.54 Å². The fourth-order valence-corrected chi connectivity index (χ4v) is 1.96. The third-order valence-electron chi connectivity index (χ3n) is 3.44. The summed E-state index contributed by atoms with van der Waals surface area (Å²) in [6, 6.07) is 13.4. The summed E-state index contributed by atoms with van der Waals surface area (Å²) in [6.45, 7) is 6.98. The second kappa shape index (κ2) is 7.50. The van der Waals surface area contributed by atoms with Crippen LogP contribution in [0.3, 0.4) is 0 Å². The van der Waals surface area contributed by atoms with E-state index >= 15 is 0 Å². The highest BCUT2D eigenvalue weighted by atomic mass is 16.5. The van der Waals surface area contributed by atoms with E-state index in [0.29, 0.717) is 13.2 Å². The first-order chi connectivity index (χ1) is 10.5. The van der Waals surface area contributed by atoms with Crippen LogP contribution >= 0.6 is 0 Å². The molecule has 0 spiro atoms. The average Bonchev–Trinajstić information content (AvgIpc) is 2.49. The van der Waals surface area contributed by atoms with Crippen molar-refractivity contribution >= 4 is 11.7 Å². The lowest BCUT2D eigenvalue weighted by molar-refractivity contribution is 0.247. The summed E-state index contributed by atoms with van der Waals surface area (Å²) < 4.78 is 5.55. The molecule has 0 radical (unpaired) electrons. The number of urea groups is 1. The second-order valence-corrected chi connectivity index (χ2v) is 5.34. The van der Waals surface area contributed by atoms with E-state index in [-0.39, 0.29) is 6.03 Å². The van der Waals surface area contributed by atoms with E-state index in [0.717, 1.165) is 17.0 Å². The van der Waals surface area contributed by atoms with Crippen molar-refractivity contribution in [2.75, 3.05) is 18.5 Å². The van der Waals surface area contributed by atoms with Crippen LogP contribution < -0.4 is 15.4 Å². The van der Waals surface area contributed by atoms with Crippen LogP contribution in [-0.4, -0.2) is 19.2 Å². The average molecular weight is 298 g/mol. The molecule has 0 saturated carbocycles. The summed E-state index contributed by atoms with van der Waals surface area (Å²) >= 11 is 0. The second-order valence-electron chi connectivity index (χ2n) is 5.34. The lowest BCUT2D eigenvalue weighted by Gasteiger charge is -2.10. The Balaban J connectivity index is 1.71. The molecule has 22 heavy (non-hydrogen) atoms.